The highest BCUT2D eigenvalue weighted by molar-refractivity contribution is 5.96. The topological polar surface area (TPSA) is 75.9 Å². The molecule has 12 heavy (non-hydrogen) atoms. The summed E-state index contributed by atoms with van der Waals surface area (Å²) in [4.78, 5) is 0. The lowest BCUT2D eigenvalue weighted by atomic mass is 10.0. The minimum atomic E-state index is 0.107. The van der Waals surface area contributed by atoms with E-state index in [1.807, 2.05) is 25.1 Å². The number of nitrogens with one attached hydrogen (secondary N) is 1. The number of aryl methyl sites for hydroxylation is 1. The highest BCUT2D eigenvalue weighted by Gasteiger charge is 2.00. The second-order valence-corrected chi connectivity index (χ2v) is 2.77. The Labute approximate surface area is 71.9 Å². The first-order chi connectivity index (χ1) is 5.65. The van der Waals surface area contributed by atoms with E-state index in [0.29, 0.717) is 6.54 Å². The minimum absolute atomic E-state index is 0.107. The van der Waals surface area contributed by atoms with E-state index in [0.717, 1.165) is 16.7 Å². The number of nitrogens with two attached hydrogens (primary N) is 2. The van der Waals surface area contributed by atoms with Gasteiger partial charge in [-0.25, -0.2) is 0 Å². The molecule has 0 spiro atoms. The maximum atomic E-state index is 7.25. The van der Waals surface area contributed by atoms with Crippen LogP contribution in [0.1, 0.15) is 16.7 Å². The van der Waals surface area contributed by atoms with Crippen molar-refractivity contribution < 1.29 is 0 Å². The van der Waals surface area contributed by atoms with Crippen LogP contribution in [0.3, 0.4) is 0 Å². The van der Waals surface area contributed by atoms with Crippen LogP contribution >= 0.6 is 0 Å². The zero-order valence-electron chi connectivity index (χ0n) is 7.09. The molecule has 3 nitrogen and oxygen atoms in total. The molecule has 0 radical (unpaired) electrons. The van der Waals surface area contributed by atoms with Crippen LogP contribution in [0.4, 0.5) is 0 Å². The number of nitrogen functional groups attached to an aromatic ring is 1. The molecule has 64 valence electrons. The largest absolute Gasteiger partial charge is 0.384 e. The molecule has 0 atom stereocenters. The summed E-state index contributed by atoms with van der Waals surface area (Å²) in [5.74, 6) is 0.107. The number of rotatable bonds is 2. The van der Waals surface area contributed by atoms with Crippen molar-refractivity contribution in [1.29, 1.82) is 5.41 Å². The summed E-state index contributed by atoms with van der Waals surface area (Å²) in [6, 6.07) is 5.68. The number of hydrogen-bond acceptors (Lipinski definition) is 2. The second kappa shape index (κ2) is 3.36. The number of benzene rings is 1. The molecule has 0 aliphatic carbocycles. The van der Waals surface area contributed by atoms with Crippen LogP contribution in [0, 0.1) is 12.3 Å². The molecule has 0 fully saturated rings. The fourth-order valence-electron chi connectivity index (χ4n) is 1.15. The Kier molecular flexibility index (Phi) is 2.45. The van der Waals surface area contributed by atoms with Crippen molar-refractivity contribution >= 4 is 5.84 Å². The molecular formula is C9H13N3. The van der Waals surface area contributed by atoms with Gasteiger partial charge in [0.25, 0.3) is 0 Å². The second-order valence-electron chi connectivity index (χ2n) is 2.77. The van der Waals surface area contributed by atoms with Gasteiger partial charge in [0.05, 0.1) is 0 Å². The summed E-state index contributed by atoms with van der Waals surface area (Å²) in [7, 11) is 0. The molecule has 1 rings (SSSR count). The summed E-state index contributed by atoms with van der Waals surface area (Å²) < 4.78 is 0. The van der Waals surface area contributed by atoms with Crippen molar-refractivity contribution in [3.8, 4) is 0 Å². The molecule has 1 aromatic rings. The van der Waals surface area contributed by atoms with Crippen LogP contribution in [0.15, 0.2) is 18.2 Å². The van der Waals surface area contributed by atoms with E-state index in [2.05, 4.69) is 0 Å². The monoisotopic (exact) mass is 163 g/mol. The maximum Gasteiger partial charge on any atom is 0.123 e. The van der Waals surface area contributed by atoms with Gasteiger partial charge in [-0.1, -0.05) is 18.2 Å². The molecule has 0 aromatic heterocycles. The highest BCUT2D eigenvalue weighted by Crippen LogP contribution is 2.09. The Morgan fingerprint density at radius 3 is 2.58 bits per heavy atom. The normalized spacial score (nSPS) is 9.83. The molecule has 0 amide bonds. The smallest absolute Gasteiger partial charge is 0.123 e. The Balaban J connectivity index is 3.12. The van der Waals surface area contributed by atoms with Gasteiger partial charge in [0, 0.05) is 12.1 Å². The van der Waals surface area contributed by atoms with Crippen LogP contribution in [-0.4, -0.2) is 5.84 Å². The fraction of sp³-hybridized carbons (Fsp3) is 0.222. The van der Waals surface area contributed by atoms with Crippen LogP contribution in [0.5, 0.6) is 0 Å². The Morgan fingerprint density at radius 1 is 1.50 bits per heavy atom. The van der Waals surface area contributed by atoms with E-state index in [1.165, 1.54) is 0 Å². The van der Waals surface area contributed by atoms with E-state index >= 15 is 0 Å². The van der Waals surface area contributed by atoms with Crippen molar-refractivity contribution in [1.82, 2.24) is 0 Å². The molecule has 0 saturated heterocycles. The summed E-state index contributed by atoms with van der Waals surface area (Å²) in [6.45, 7) is 2.45. The predicted molar refractivity (Wildman–Crippen MR) is 50.1 cm³/mol. The van der Waals surface area contributed by atoms with Gasteiger partial charge in [-0.15, -0.1) is 0 Å². The third kappa shape index (κ3) is 1.62. The SMILES string of the molecule is Cc1cc(CN)ccc1C(=N)N. The molecule has 0 saturated carbocycles. The summed E-state index contributed by atoms with van der Waals surface area (Å²) in [5, 5.41) is 7.25. The number of hydrogen-bond donors (Lipinski definition) is 3. The van der Waals surface area contributed by atoms with Crippen LogP contribution < -0.4 is 11.5 Å². The Hall–Kier alpha value is -1.35. The van der Waals surface area contributed by atoms with Crippen molar-refractivity contribution in [2.24, 2.45) is 11.5 Å². The van der Waals surface area contributed by atoms with Crippen LogP contribution in [0.2, 0.25) is 0 Å². The van der Waals surface area contributed by atoms with Gasteiger partial charge in [-0.2, -0.15) is 0 Å². The van der Waals surface area contributed by atoms with Crippen molar-refractivity contribution in [3.05, 3.63) is 34.9 Å². The zero-order valence-corrected chi connectivity index (χ0v) is 7.09. The maximum absolute atomic E-state index is 7.25. The lowest BCUT2D eigenvalue weighted by Crippen LogP contribution is -2.13. The molecule has 3 heteroatoms. The van der Waals surface area contributed by atoms with Crippen molar-refractivity contribution in [3.63, 3.8) is 0 Å². The summed E-state index contributed by atoms with van der Waals surface area (Å²) >= 11 is 0. The van der Waals surface area contributed by atoms with Gasteiger partial charge in [0.15, 0.2) is 0 Å². The summed E-state index contributed by atoms with van der Waals surface area (Å²) in [5.41, 5.74) is 13.7. The first-order valence-electron chi connectivity index (χ1n) is 3.79. The van der Waals surface area contributed by atoms with Gasteiger partial charge >= 0.3 is 0 Å². The van der Waals surface area contributed by atoms with Crippen LogP contribution in [-0.2, 0) is 6.54 Å². The molecule has 0 unspecified atom stereocenters. The Morgan fingerprint density at radius 2 is 2.17 bits per heavy atom. The minimum Gasteiger partial charge on any atom is -0.384 e. The standard InChI is InChI=1S/C9H13N3/c1-6-4-7(5-10)2-3-8(6)9(11)12/h2-4H,5,10H2,1H3,(H3,11,12). The zero-order chi connectivity index (χ0) is 9.14. The van der Waals surface area contributed by atoms with Crippen molar-refractivity contribution in [2.75, 3.05) is 0 Å². The molecule has 0 aliphatic heterocycles. The fourth-order valence-corrected chi connectivity index (χ4v) is 1.15. The third-order valence-electron chi connectivity index (χ3n) is 1.82. The quantitative estimate of drug-likeness (QED) is 0.444. The first-order valence-corrected chi connectivity index (χ1v) is 3.79. The van der Waals surface area contributed by atoms with E-state index in [4.69, 9.17) is 16.9 Å². The average Bonchev–Trinajstić information content (AvgIpc) is 2.03. The van der Waals surface area contributed by atoms with Gasteiger partial charge in [-0.05, 0) is 18.1 Å². The lowest BCUT2D eigenvalue weighted by Gasteiger charge is -2.04. The predicted octanol–water partition coefficient (Wildman–Crippen LogP) is 0.738. The lowest BCUT2D eigenvalue weighted by molar-refractivity contribution is 1.06. The van der Waals surface area contributed by atoms with Gasteiger partial charge in [0.2, 0.25) is 0 Å². The van der Waals surface area contributed by atoms with Crippen molar-refractivity contribution in [2.45, 2.75) is 13.5 Å². The molecule has 0 aliphatic rings. The van der Waals surface area contributed by atoms with E-state index < -0.39 is 0 Å². The van der Waals surface area contributed by atoms with Gasteiger partial charge in [0.1, 0.15) is 5.84 Å². The summed E-state index contributed by atoms with van der Waals surface area (Å²) in [6.07, 6.45) is 0. The Bertz CT molecular complexity index is 305. The molecule has 0 heterocycles. The van der Waals surface area contributed by atoms with E-state index in [9.17, 15) is 0 Å². The van der Waals surface area contributed by atoms with Gasteiger partial charge in [-0.3, -0.25) is 5.41 Å². The highest BCUT2D eigenvalue weighted by atomic mass is 14.7. The third-order valence-corrected chi connectivity index (χ3v) is 1.82. The van der Waals surface area contributed by atoms with E-state index in [1.54, 1.807) is 0 Å². The van der Waals surface area contributed by atoms with Crippen LogP contribution in [0.25, 0.3) is 0 Å². The number of amidine groups is 1. The first kappa shape index (κ1) is 8.74. The average molecular weight is 163 g/mol. The molecule has 0 bridgehead atoms. The molecule has 1 aromatic carbocycles. The van der Waals surface area contributed by atoms with Gasteiger partial charge < -0.3 is 11.5 Å². The molecule has 5 N–H and O–H groups in total. The van der Waals surface area contributed by atoms with E-state index in [-0.39, 0.29) is 5.84 Å². The molecular weight excluding hydrogens is 150 g/mol.